The van der Waals surface area contributed by atoms with Crippen LogP contribution in [-0.2, 0) is 11.3 Å². The van der Waals surface area contributed by atoms with E-state index in [1.165, 1.54) is 0 Å². The third-order valence-electron chi connectivity index (χ3n) is 5.83. The van der Waals surface area contributed by atoms with Crippen LogP contribution in [0.15, 0.2) is 48.8 Å². The van der Waals surface area contributed by atoms with Gasteiger partial charge in [0.05, 0.1) is 11.8 Å². The summed E-state index contributed by atoms with van der Waals surface area (Å²) in [5.41, 5.74) is 5.55. The Morgan fingerprint density at radius 1 is 1.00 bits per heavy atom. The van der Waals surface area contributed by atoms with Gasteiger partial charge in [-0.05, 0) is 57.9 Å². The molecule has 0 radical (unpaired) electrons. The number of carbonyl (C=O) groups excluding carboxylic acids is 2. The van der Waals surface area contributed by atoms with Crippen molar-refractivity contribution < 1.29 is 9.59 Å². The predicted molar refractivity (Wildman–Crippen MR) is 132 cm³/mol. The molecule has 0 unspecified atom stereocenters. The summed E-state index contributed by atoms with van der Waals surface area (Å²) >= 11 is 0. The van der Waals surface area contributed by atoms with Crippen LogP contribution >= 0.6 is 0 Å². The van der Waals surface area contributed by atoms with Gasteiger partial charge in [-0.15, -0.1) is 5.10 Å². The molecule has 0 atom stereocenters. The molecule has 0 aliphatic rings. The first-order chi connectivity index (χ1) is 16.4. The van der Waals surface area contributed by atoms with Crippen LogP contribution in [0.2, 0.25) is 0 Å². The van der Waals surface area contributed by atoms with Crippen LogP contribution in [0.4, 0.5) is 5.69 Å². The average molecular weight is 459 g/mol. The highest BCUT2D eigenvalue weighted by Crippen LogP contribution is 2.21. The molecule has 4 rings (SSSR count). The minimum absolute atomic E-state index is 0.193. The van der Waals surface area contributed by atoms with Crippen molar-refractivity contribution in [3.8, 4) is 11.3 Å². The maximum atomic E-state index is 12.9. The molecular formula is C26H30N6O2. The van der Waals surface area contributed by atoms with E-state index in [0.717, 1.165) is 54.9 Å². The Morgan fingerprint density at radius 3 is 2.53 bits per heavy atom. The zero-order chi connectivity index (χ0) is 24.1. The third-order valence-corrected chi connectivity index (χ3v) is 5.83. The Labute approximate surface area is 199 Å². The lowest BCUT2D eigenvalue weighted by atomic mass is 10.1. The summed E-state index contributed by atoms with van der Waals surface area (Å²) in [6.07, 6.45) is 8.57. The lowest BCUT2D eigenvalue weighted by molar-refractivity contribution is -0.117. The van der Waals surface area contributed by atoms with Gasteiger partial charge < -0.3 is 14.5 Å². The van der Waals surface area contributed by atoms with E-state index in [-0.39, 0.29) is 11.7 Å². The quantitative estimate of drug-likeness (QED) is 0.338. The van der Waals surface area contributed by atoms with Crippen LogP contribution in [0, 0.1) is 13.8 Å². The summed E-state index contributed by atoms with van der Waals surface area (Å²) in [6.45, 7) is 6.36. The number of aryl methyl sites for hydroxylation is 3. The molecule has 0 aliphatic carbocycles. The molecule has 0 spiro atoms. The van der Waals surface area contributed by atoms with E-state index in [2.05, 4.69) is 20.6 Å². The van der Waals surface area contributed by atoms with Crippen molar-refractivity contribution in [2.24, 2.45) is 0 Å². The van der Waals surface area contributed by atoms with Gasteiger partial charge >= 0.3 is 0 Å². The lowest BCUT2D eigenvalue weighted by Gasteiger charge is -2.06. The SMILES string of the molecule is CC(=O)CCCCCCn1cc(-c2ccc(NC(=O)c3ccn4c(C)cc(C)nc34)cc2)nn1. The van der Waals surface area contributed by atoms with Gasteiger partial charge in [0.1, 0.15) is 17.1 Å². The number of benzene rings is 1. The molecule has 34 heavy (non-hydrogen) atoms. The van der Waals surface area contributed by atoms with Gasteiger partial charge in [-0.1, -0.05) is 30.2 Å². The molecule has 0 bridgehead atoms. The van der Waals surface area contributed by atoms with Crippen molar-refractivity contribution in [1.82, 2.24) is 24.4 Å². The maximum Gasteiger partial charge on any atom is 0.259 e. The molecule has 8 heteroatoms. The number of amides is 1. The number of nitrogens with zero attached hydrogens (tertiary/aromatic N) is 5. The molecule has 4 aromatic rings. The van der Waals surface area contributed by atoms with Crippen molar-refractivity contribution in [1.29, 1.82) is 0 Å². The summed E-state index contributed by atoms with van der Waals surface area (Å²) in [5, 5.41) is 11.5. The van der Waals surface area contributed by atoms with E-state index >= 15 is 0 Å². The van der Waals surface area contributed by atoms with Gasteiger partial charge in [0.15, 0.2) is 0 Å². The maximum absolute atomic E-state index is 12.9. The fourth-order valence-electron chi connectivity index (χ4n) is 4.04. The predicted octanol–water partition coefficient (Wildman–Crippen LogP) is 5.00. The topological polar surface area (TPSA) is 94.2 Å². The molecule has 176 valence electrons. The number of hydrogen-bond donors (Lipinski definition) is 1. The summed E-state index contributed by atoms with van der Waals surface area (Å²) in [7, 11) is 0. The van der Waals surface area contributed by atoms with Crippen molar-refractivity contribution in [2.45, 2.75) is 59.4 Å². The summed E-state index contributed by atoms with van der Waals surface area (Å²) in [5.74, 6) is 0.0640. The van der Waals surface area contributed by atoms with E-state index < -0.39 is 0 Å². The minimum atomic E-state index is -0.193. The average Bonchev–Trinajstić information content (AvgIpc) is 3.44. The fourth-order valence-corrected chi connectivity index (χ4v) is 4.04. The number of unbranched alkanes of at least 4 members (excludes halogenated alkanes) is 3. The number of carbonyl (C=O) groups is 2. The first-order valence-corrected chi connectivity index (χ1v) is 11.7. The van der Waals surface area contributed by atoms with Crippen molar-refractivity contribution in [3.05, 3.63) is 65.7 Å². The third kappa shape index (κ3) is 5.57. The first-order valence-electron chi connectivity index (χ1n) is 11.7. The zero-order valence-corrected chi connectivity index (χ0v) is 19.9. The van der Waals surface area contributed by atoms with Crippen LogP contribution < -0.4 is 5.32 Å². The van der Waals surface area contributed by atoms with Gasteiger partial charge in [0.25, 0.3) is 5.91 Å². The molecule has 1 amide bonds. The van der Waals surface area contributed by atoms with Gasteiger partial charge in [-0.2, -0.15) is 0 Å². The van der Waals surface area contributed by atoms with Crippen LogP contribution in [-0.4, -0.2) is 36.1 Å². The molecule has 0 saturated heterocycles. The van der Waals surface area contributed by atoms with E-state index in [9.17, 15) is 9.59 Å². The van der Waals surface area contributed by atoms with Crippen LogP contribution in [0.25, 0.3) is 16.9 Å². The highest BCUT2D eigenvalue weighted by molar-refractivity contribution is 6.08. The Hall–Kier alpha value is -3.81. The monoisotopic (exact) mass is 458 g/mol. The zero-order valence-electron chi connectivity index (χ0n) is 19.9. The first kappa shape index (κ1) is 23.4. The van der Waals surface area contributed by atoms with Gasteiger partial charge in [-0.3, -0.25) is 9.48 Å². The molecule has 3 heterocycles. The molecule has 0 saturated carbocycles. The molecule has 0 aliphatic heterocycles. The molecule has 1 aromatic carbocycles. The van der Waals surface area contributed by atoms with Crippen LogP contribution in [0.5, 0.6) is 0 Å². The van der Waals surface area contributed by atoms with E-state index in [1.807, 2.05) is 65.7 Å². The number of nitrogens with one attached hydrogen (secondary N) is 1. The summed E-state index contributed by atoms with van der Waals surface area (Å²) in [6, 6.07) is 11.4. The lowest BCUT2D eigenvalue weighted by Crippen LogP contribution is -2.12. The second-order valence-electron chi connectivity index (χ2n) is 8.73. The van der Waals surface area contributed by atoms with E-state index in [1.54, 1.807) is 13.0 Å². The van der Waals surface area contributed by atoms with Crippen molar-refractivity contribution >= 4 is 23.0 Å². The van der Waals surface area contributed by atoms with Gasteiger partial charge in [-0.25, -0.2) is 4.98 Å². The second kappa shape index (κ2) is 10.4. The number of aromatic nitrogens is 5. The fraction of sp³-hybridized carbons (Fsp3) is 0.346. The van der Waals surface area contributed by atoms with Gasteiger partial charge in [0, 0.05) is 41.8 Å². The number of anilines is 1. The van der Waals surface area contributed by atoms with Crippen molar-refractivity contribution in [3.63, 3.8) is 0 Å². The standard InChI is InChI=1S/C26H30N6O2/c1-18-16-19(2)32-15-13-23(25(32)27-18)26(34)28-22-11-9-21(10-12-22)24-17-31(30-29-24)14-7-5-4-6-8-20(3)33/h9-13,15-17H,4-8,14H2,1-3H3,(H,28,34). The Bertz CT molecular complexity index is 1300. The Morgan fingerprint density at radius 2 is 1.76 bits per heavy atom. The van der Waals surface area contributed by atoms with Crippen molar-refractivity contribution in [2.75, 3.05) is 5.32 Å². The number of Topliss-reactive ketones (excluding diaryl/α,β-unsaturated/α-hetero) is 1. The van der Waals surface area contributed by atoms with E-state index in [0.29, 0.717) is 23.3 Å². The Kier molecular flexibility index (Phi) is 7.15. The Balaban J connectivity index is 1.34. The number of hydrogen-bond acceptors (Lipinski definition) is 5. The highest BCUT2D eigenvalue weighted by Gasteiger charge is 2.14. The molecule has 1 N–H and O–H groups in total. The minimum Gasteiger partial charge on any atom is -0.322 e. The summed E-state index contributed by atoms with van der Waals surface area (Å²) in [4.78, 5) is 28.4. The van der Waals surface area contributed by atoms with Gasteiger partial charge in [0.2, 0.25) is 0 Å². The molecular weight excluding hydrogens is 428 g/mol. The smallest absolute Gasteiger partial charge is 0.259 e. The molecule has 0 fully saturated rings. The van der Waals surface area contributed by atoms with Crippen LogP contribution in [0.1, 0.15) is 60.8 Å². The summed E-state index contributed by atoms with van der Waals surface area (Å²) < 4.78 is 3.77. The molecule has 3 aromatic heterocycles. The van der Waals surface area contributed by atoms with E-state index in [4.69, 9.17) is 0 Å². The van der Waals surface area contributed by atoms with Crippen LogP contribution in [0.3, 0.4) is 0 Å². The normalized spacial score (nSPS) is 11.1. The number of fused-ring (bicyclic) bond motifs is 1. The number of ketones is 1. The molecule has 8 nitrogen and oxygen atoms in total. The number of rotatable bonds is 10. The largest absolute Gasteiger partial charge is 0.322 e. The highest BCUT2D eigenvalue weighted by atomic mass is 16.1. The second-order valence-corrected chi connectivity index (χ2v) is 8.73.